The highest BCUT2D eigenvalue weighted by Gasteiger charge is 2.44. The molecule has 1 heterocycles. The second-order valence-corrected chi connectivity index (χ2v) is 5.59. The first-order chi connectivity index (χ1) is 6.47. The Morgan fingerprint density at radius 2 is 2.07 bits per heavy atom. The van der Waals surface area contributed by atoms with Gasteiger partial charge in [0, 0.05) is 12.6 Å². The molecule has 1 aliphatic heterocycles. The van der Waals surface area contributed by atoms with Crippen LogP contribution in [0.4, 0.5) is 0 Å². The van der Waals surface area contributed by atoms with E-state index in [1.165, 1.54) is 13.0 Å². The van der Waals surface area contributed by atoms with Crippen LogP contribution in [0.1, 0.15) is 41.0 Å². The van der Waals surface area contributed by atoms with E-state index in [1.54, 1.807) is 0 Å². The molecule has 1 nitrogen and oxygen atoms in total. The van der Waals surface area contributed by atoms with E-state index in [-0.39, 0.29) is 0 Å². The summed E-state index contributed by atoms with van der Waals surface area (Å²) in [5.41, 5.74) is 0.478. The summed E-state index contributed by atoms with van der Waals surface area (Å²) in [6.45, 7) is 12.9. The Morgan fingerprint density at radius 1 is 1.43 bits per heavy atom. The summed E-state index contributed by atoms with van der Waals surface area (Å²) in [7, 11) is 4.53. The maximum Gasteiger partial charge on any atom is 0.160 e. The Hall–Kier alpha value is 0.0899. The third-order valence-electron chi connectivity index (χ3n) is 3.02. The van der Waals surface area contributed by atoms with E-state index < -0.39 is 0 Å². The van der Waals surface area contributed by atoms with Crippen LogP contribution >= 0.6 is 0 Å². The molecule has 1 rings (SSSR count). The topological polar surface area (TPSA) is 3.01 Å². The fourth-order valence-corrected chi connectivity index (χ4v) is 2.44. The Kier molecular flexibility index (Phi) is 4.12. The average molecular weight is 191 g/mol. The van der Waals surface area contributed by atoms with E-state index in [2.05, 4.69) is 53.9 Å². The molecule has 14 heavy (non-hydrogen) atoms. The number of rotatable bonds is 6. The van der Waals surface area contributed by atoms with Gasteiger partial charge in [0.2, 0.25) is 0 Å². The molecular weight excluding hydrogens is 168 g/mol. The molecule has 3 heteroatoms. The van der Waals surface area contributed by atoms with Gasteiger partial charge in [-0.05, 0) is 17.8 Å². The average Bonchev–Trinajstić information content (AvgIpc) is 2.77. The lowest BCUT2D eigenvalue weighted by molar-refractivity contribution is 0.266. The predicted molar refractivity (Wildman–Crippen MR) is 65.7 cm³/mol. The summed E-state index contributed by atoms with van der Waals surface area (Å²) in [6.07, 6.45) is 2.47. The Morgan fingerprint density at radius 3 is 2.57 bits per heavy atom. The first-order valence-corrected chi connectivity index (χ1v) is 5.89. The Labute approximate surface area is 91.1 Å². The maximum absolute atomic E-state index is 2.46. The summed E-state index contributed by atoms with van der Waals surface area (Å²) in [5.74, 6) is 0.808. The van der Waals surface area contributed by atoms with Crippen molar-refractivity contribution in [3.8, 4) is 0 Å². The van der Waals surface area contributed by atoms with Gasteiger partial charge in [-0.25, -0.2) is 0 Å². The van der Waals surface area contributed by atoms with Crippen LogP contribution < -0.4 is 0 Å². The molecule has 0 bridgehead atoms. The van der Waals surface area contributed by atoms with E-state index >= 15 is 0 Å². The Bertz CT molecular complexity index is 180. The van der Waals surface area contributed by atoms with Crippen molar-refractivity contribution in [1.29, 1.82) is 0 Å². The second kappa shape index (κ2) is 4.74. The zero-order valence-electron chi connectivity index (χ0n) is 10.4. The van der Waals surface area contributed by atoms with Crippen molar-refractivity contribution < 1.29 is 0 Å². The third kappa shape index (κ3) is 3.34. The van der Waals surface area contributed by atoms with Crippen LogP contribution in [0.3, 0.4) is 0 Å². The van der Waals surface area contributed by atoms with Gasteiger partial charge in [-0.15, -0.1) is 0 Å². The number of hydrogen-bond donors (Lipinski definition) is 0. The van der Waals surface area contributed by atoms with E-state index in [0.717, 1.165) is 18.3 Å². The minimum absolute atomic E-state index is 0.478. The van der Waals surface area contributed by atoms with E-state index in [0.29, 0.717) is 5.41 Å². The molecule has 0 spiro atoms. The van der Waals surface area contributed by atoms with Gasteiger partial charge in [-0.3, -0.25) is 0 Å². The highest BCUT2D eigenvalue weighted by molar-refractivity contribution is 6.99. The van der Waals surface area contributed by atoms with Crippen LogP contribution in [0.5, 0.6) is 0 Å². The molecule has 0 aliphatic carbocycles. The molecule has 1 saturated heterocycles. The lowest BCUT2D eigenvalue weighted by Crippen LogP contribution is -2.27. The van der Waals surface area contributed by atoms with Crippen LogP contribution in [-0.4, -0.2) is 31.9 Å². The molecule has 2 unspecified atom stereocenters. The molecule has 78 valence electrons. The fourth-order valence-electron chi connectivity index (χ4n) is 2.44. The van der Waals surface area contributed by atoms with E-state index in [9.17, 15) is 0 Å². The van der Waals surface area contributed by atoms with E-state index in [1.807, 2.05) is 0 Å². The largest absolute Gasteiger partial charge is 0.350 e. The smallest absolute Gasteiger partial charge is 0.160 e. The van der Waals surface area contributed by atoms with Gasteiger partial charge in [-0.2, -0.15) is 0 Å². The molecule has 1 aliphatic rings. The first-order valence-electron chi connectivity index (χ1n) is 5.89. The molecule has 0 amide bonds. The van der Waals surface area contributed by atoms with Gasteiger partial charge in [0.15, 0.2) is 7.31 Å². The minimum Gasteiger partial charge on any atom is -0.350 e. The minimum atomic E-state index is 0.478. The van der Waals surface area contributed by atoms with Crippen molar-refractivity contribution in [2.24, 2.45) is 11.3 Å². The molecule has 2 atom stereocenters. The van der Waals surface area contributed by atoms with Gasteiger partial charge in [-0.1, -0.05) is 40.9 Å². The van der Waals surface area contributed by atoms with Gasteiger partial charge in [0.25, 0.3) is 0 Å². The summed E-state index contributed by atoms with van der Waals surface area (Å²) < 4.78 is 0. The third-order valence-corrected chi connectivity index (χ3v) is 3.02. The van der Waals surface area contributed by atoms with Crippen molar-refractivity contribution in [3.63, 3.8) is 0 Å². The van der Waals surface area contributed by atoms with Crippen molar-refractivity contribution in [3.05, 3.63) is 0 Å². The molecule has 1 fully saturated rings. The summed E-state index contributed by atoms with van der Waals surface area (Å²) in [6, 6.07) is 0.785. The van der Waals surface area contributed by atoms with Gasteiger partial charge in [0.1, 0.15) is 0 Å². The summed E-state index contributed by atoms with van der Waals surface area (Å²) in [4.78, 5) is 2.46. The first kappa shape index (κ1) is 12.2. The summed E-state index contributed by atoms with van der Waals surface area (Å²) in [5, 5.41) is 0. The lowest BCUT2D eigenvalue weighted by atomic mass is 9.45. The van der Waals surface area contributed by atoms with E-state index in [4.69, 9.17) is 0 Å². The predicted octanol–water partition coefficient (Wildman–Crippen LogP) is 2.42. The SMILES string of the molecule is CC[B][B]N1CC1C(C)(C)CC(C)C. The van der Waals surface area contributed by atoms with Crippen molar-refractivity contribution in [2.75, 3.05) is 6.54 Å². The maximum atomic E-state index is 2.46. The lowest BCUT2D eigenvalue weighted by Gasteiger charge is -2.27. The van der Waals surface area contributed by atoms with Crippen molar-refractivity contribution in [1.82, 2.24) is 4.81 Å². The quantitative estimate of drug-likeness (QED) is 0.460. The van der Waals surface area contributed by atoms with Gasteiger partial charge >= 0.3 is 0 Å². The standard InChI is InChI=1S/C11H23B2N/c1-6-12-13-14-8-10(14)11(4,5)7-9(2)3/h9-10H,6-8H2,1-5H3. The zero-order chi connectivity index (χ0) is 10.8. The molecule has 0 N–H and O–H groups in total. The molecule has 2 radical (unpaired) electrons. The summed E-state index contributed by atoms with van der Waals surface area (Å²) >= 11 is 0. The molecule has 0 aromatic rings. The number of hydrogen-bond acceptors (Lipinski definition) is 1. The second-order valence-electron chi connectivity index (χ2n) is 5.59. The molecule has 0 aromatic heterocycles. The van der Waals surface area contributed by atoms with Gasteiger partial charge in [0.05, 0.1) is 7.17 Å². The Balaban J connectivity index is 2.29. The van der Waals surface area contributed by atoms with Crippen LogP contribution in [0.15, 0.2) is 0 Å². The normalized spacial score (nSPS) is 26.4. The van der Waals surface area contributed by atoms with Crippen LogP contribution in [0, 0.1) is 11.3 Å². The fraction of sp³-hybridized carbons (Fsp3) is 1.00. The highest BCUT2D eigenvalue weighted by Crippen LogP contribution is 2.39. The van der Waals surface area contributed by atoms with Crippen LogP contribution in [0.2, 0.25) is 6.32 Å². The number of nitrogens with zero attached hydrogens (tertiary/aromatic N) is 1. The molecule has 0 aromatic carbocycles. The highest BCUT2D eigenvalue weighted by atomic mass is 15.2. The molecule has 0 saturated carbocycles. The monoisotopic (exact) mass is 191 g/mol. The van der Waals surface area contributed by atoms with Crippen LogP contribution in [-0.2, 0) is 0 Å². The van der Waals surface area contributed by atoms with Crippen LogP contribution in [0.25, 0.3) is 0 Å². The van der Waals surface area contributed by atoms with Crippen molar-refractivity contribution in [2.45, 2.75) is 53.4 Å². The van der Waals surface area contributed by atoms with Crippen molar-refractivity contribution >= 4 is 14.5 Å². The molecular formula is C11H23B2N. The zero-order valence-corrected chi connectivity index (χ0v) is 10.4. The van der Waals surface area contributed by atoms with Gasteiger partial charge < -0.3 is 4.81 Å².